The van der Waals surface area contributed by atoms with Crippen molar-refractivity contribution in [3.63, 3.8) is 0 Å². The van der Waals surface area contributed by atoms with E-state index in [1.54, 1.807) is 6.92 Å². The molecule has 1 rings (SSSR count). The van der Waals surface area contributed by atoms with Crippen LogP contribution in [0.3, 0.4) is 0 Å². The van der Waals surface area contributed by atoms with Gasteiger partial charge < -0.3 is 10.1 Å². The highest BCUT2D eigenvalue weighted by molar-refractivity contribution is 5.89. The van der Waals surface area contributed by atoms with Gasteiger partial charge in [0.25, 0.3) is 0 Å². The van der Waals surface area contributed by atoms with E-state index in [4.69, 9.17) is 0 Å². The lowest BCUT2D eigenvalue weighted by atomic mass is 10.2. The van der Waals surface area contributed by atoms with Crippen LogP contribution in [0.2, 0.25) is 0 Å². The van der Waals surface area contributed by atoms with Crippen LogP contribution in [0, 0.1) is 0 Å². The van der Waals surface area contributed by atoms with Crippen molar-refractivity contribution in [2.45, 2.75) is 19.4 Å². The van der Waals surface area contributed by atoms with Crippen LogP contribution in [-0.2, 0) is 9.53 Å². The Bertz CT molecular complexity index is 166. The normalized spacial score (nSPS) is 23.7. The third-order valence-corrected chi connectivity index (χ3v) is 1.41. The summed E-state index contributed by atoms with van der Waals surface area (Å²) in [7, 11) is 0. The SMILES string of the molecule is CCC(=O)[C@@H]1COC(=O)N1. The Labute approximate surface area is 58.5 Å². The zero-order valence-corrected chi connectivity index (χ0v) is 5.72. The fourth-order valence-electron chi connectivity index (χ4n) is 0.804. The summed E-state index contributed by atoms with van der Waals surface area (Å²) >= 11 is 0. The molecule has 1 heterocycles. The number of carbonyl (C=O) groups excluding carboxylic acids is 2. The summed E-state index contributed by atoms with van der Waals surface area (Å²) in [6, 6.07) is -0.405. The summed E-state index contributed by atoms with van der Waals surface area (Å²) in [6.45, 7) is 1.94. The molecule has 10 heavy (non-hydrogen) atoms. The van der Waals surface area contributed by atoms with Crippen LogP contribution in [-0.4, -0.2) is 24.5 Å². The molecule has 1 N–H and O–H groups in total. The second-order valence-corrected chi connectivity index (χ2v) is 2.12. The van der Waals surface area contributed by atoms with Gasteiger partial charge in [-0.05, 0) is 0 Å². The molecule has 0 aromatic carbocycles. The Kier molecular flexibility index (Phi) is 1.89. The van der Waals surface area contributed by atoms with Gasteiger partial charge in [0.15, 0.2) is 5.78 Å². The highest BCUT2D eigenvalue weighted by Crippen LogP contribution is 2.00. The molecule has 1 aliphatic heterocycles. The van der Waals surface area contributed by atoms with Crippen LogP contribution in [0.4, 0.5) is 4.79 Å². The van der Waals surface area contributed by atoms with Gasteiger partial charge >= 0.3 is 6.09 Å². The number of ether oxygens (including phenoxy) is 1. The van der Waals surface area contributed by atoms with Gasteiger partial charge in [-0.2, -0.15) is 0 Å². The van der Waals surface area contributed by atoms with Crippen molar-refractivity contribution in [2.75, 3.05) is 6.61 Å². The number of alkyl carbamates (subject to hydrolysis) is 1. The van der Waals surface area contributed by atoms with Crippen LogP contribution in [0.15, 0.2) is 0 Å². The molecule has 1 aliphatic rings. The molecule has 1 atom stereocenters. The highest BCUT2D eigenvalue weighted by Gasteiger charge is 2.26. The van der Waals surface area contributed by atoms with Crippen molar-refractivity contribution in [3.8, 4) is 0 Å². The number of cyclic esters (lactones) is 1. The lowest BCUT2D eigenvalue weighted by Gasteiger charge is -2.01. The Morgan fingerprint density at radius 3 is 3.00 bits per heavy atom. The van der Waals surface area contributed by atoms with Crippen LogP contribution in [0.25, 0.3) is 0 Å². The van der Waals surface area contributed by atoms with Crippen molar-refractivity contribution in [1.82, 2.24) is 5.32 Å². The maximum Gasteiger partial charge on any atom is 0.407 e. The predicted octanol–water partition coefficient (Wildman–Crippen LogP) is 0.0739. The van der Waals surface area contributed by atoms with Gasteiger partial charge in [-0.25, -0.2) is 4.79 Å². The molecule has 0 aromatic rings. The van der Waals surface area contributed by atoms with Crippen molar-refractivity contribution in [3.05, 3.63) is 0 Å². The van der Waals surface area contributed by atoms with Crippen molar-refractivity contribution >= 4 is 11.9 Å². The van der Waals surface area contributed by atoms with E-state index in [2.05, 4.69) is 10.1 Å². The Balaban J connectivity index is 2.44. The summed E-state index contributed by atoms with van der Waals surface area (Å²) < 4.78 is 4.52. The number of rotatable bonds is 2. The second-order valence-electron chi connectivity index (χ2n) is 2.12. The van der Waals surface area contributed by atoms with Gasteiger partial charge in [-0.15, -0.1) is 0 Å². The van der Waals surface area contributed by atoms with Gasteiger partial charge in [0.2, 0.25) is 0 Å². The Morgan fingerprint density at radius 1 is 1.90 bits per heavy atom. The summed E-state index contributed by atoms with van der Waals surface area (Å²) in [5.74, 6) is 0.0193. The Morgan fingerprint density at radius 2 is 2.60 bits per heavy atom. The molecule has 0 saturated carbocycles. The van der Waals surface area contributed by atoms with Gasteiger partial charge in [0.05, 0.1) is 0 Å². The van der Waals surface area contributed by atoms with Crippen LogP contribution in [0.5, 0.6) is 0 Å². The van der Waals surface area contributed by atoms with E-state index in [0.717, 1.165) is 0 Å². The molecule has 1 amide bonds. The maximum absolute atomic E-state index is 10.9. The van der Waals surface area contributed by atoms with E-state index in [0.29, 0.717) is 6.42 Å². The number of hydrogen-bond donors (Lipinski definition) is 1. The first kappa shape index (κ1) is 7.05. The zero-order valence-electron chi connectivity index (χ0n) is 5.72. The van der Waals surface area contributed by atoms with Crippen LogP contribution < -0.4 is 5.32 Å². The van der Waals surface area contributed by atoms with Gasteiger partial charge in [-0.3, -0.25) is 4.79 Å². The molecule has 56 valence electrons. The maximum atomic E-state index is 10.9. The molecule has 0 aromatic heterocycles. The highest BCUT2D eigenvalue weighted by atomic mass is 16.6. The van der Waals surface area contributed by atoms with E-state index in [9.17, 15) is 9.59 Å². The molecule has 0 spiro atoms. The first-order valence-corrected chi connectivity index (χ1v) is 3.20. The van der Waals surface area contributed by atoms with Gasteiger partial charge in [-0.1, -0.05) is 6.92 Å². The monoisotopic (exact) mass is 143 g/mol. The molecule has 4 heteroatoms. The second kappa shape index (κ2) is 2.68. The minimum atomic E-state index is -0.494. The molecule has 1 saturated heterocycles. The minimum absolute atomic E-state index is 0.0193. The molecule has 1 fully saturated rings. The van der Waals surface area contributed by atoms with E-state index in [-0.39, 0.29) is 12.4 Å². The average molecular weight is 143 g/mol. The van der Waals surface area contributed by atoms with Crippen LogP contribution in [0.1, 0.15) is 13.3 Å². The van der Waals surface area contributed by atoms with Gasteiger partial charge in [0.1, 0.15) is 12.6 Å². The first-order valence-electron chi connectivity index (χ1n) is 3.20. The number of hydrogen-bond acceptors (Lipinski definition) is 3. The summed E-state index contributed by atoms with van der Waals surface area (Å²) in [4.78, 5) is 21.3. The zero-order chi connectivity index (χ0) is 7.56. The molecule has 4 nitrogen and oxygen atoms in total. The van der Waals surface area contributed by atoms with E-state index in [1.165, 1.54) is 0 Å². The quantitative estimate of drug-likeness (QED) is 0.595. The molecular formula is C6H9NO3. The number of Topliss-reactive ketones (excluding diaryl/α,β-unsaturated/α-hetero) is 1. The smallest absolute Gasteiger partial charge is 0.407 e. The number of ketones is 1. The van der Waals surface area contributed by atoms with Gasteiger partial charge in [0, 0.05) is 6.42 Å². The van der Waals surface area contributed by atoms with Crippen molar-refractivity contribution in [2.24, 2.45) is 0 Å². The van der Waals surface area contributed by atoms with Crippen LogP contribution >= 0.6 is 0 Å². The van der Waals surface area contributed by atoms with Crippen molar-refractivity contribution < 1.29 is 14.3 Å². The fraction of sp³-hybridized carbons (Fsp3) is 0.667. The third kappa shape index (κ3) is 1.26. The fourth-order valence-corrected chi connectivity index (χ4v) is 0.804. The van der Waals surface area contributed by atoms with E-state index in [1.807, 2.05) is 0 Å². The number of carbonyl (C=O) groups is 2. The van der Waals surface area contributed by atoms with Crippen molar-refractivity contribution in [1.29, 1.82) is 0 Å². The van der Waals surface area contributed by atoms with E-state index >= 15 is 0 Å². The molecular weight excluding hydrogens is 134 g/mol. The standard InChI is InChI=1S/C6H9NO3/c1-2-5(8)4-3-10-6(9)7-4/h4H,2-3H2,1H3,(H,7,9)/t4-/m0/s1. The molecule has 0 unspecified atom stereocenters. The predicted molar refractivity (Wildman–Crippen MR) is 33.6 cm³/mol. The lowest BCUT2D eigenvalue weighted by molar-refractivity contribution is -0.120. The minimum Gasteiger partial charge on any atom is -0.447 e. The third-order valence-electron chi connectivity index (χ3n) is 1.41. The summed E-state index contributed by atoms with van der Waals surface area (Å²) in [6.07, 6.45) is -0.0549. The molecule has 0 bridgehead atoms. The lowest BCUT2D eigenvalue weighted by Crippen LogP contribution is -2.33. The first-order chi connectivity index (χ1) is 4.74. The topological polar surface area (TPSA) is 55.4 Å². The summed E-state index contributed by atoms with van der Waals surface area (Å²) in [5.41, 5.74) is 0. The Hall–Kier alpha value is -1.06. The molecule has 0 radical (unpaired) electrons. The average Bonchev–Trinajstić information content (AvgIpc) is 2.34. The number of nitrogens with one attached hydrogen (secondary N) is 1. The van der Waals surface area contributed by atoms with E-state index < -0.39 is 12.1 Å². The largest absolute Gasteiger partial charge is 0.447 e. The molecule has 0 aliphatic carbocycles. The number of amides is 1. The summed E-state index contributed by atoms with van der Waals surface area (Å²) in [5, 5.41) is 2.39.